The standard InChI is InChI=1S/C32H40N10O2/c1-21-10-11-24(36-30(43)22-8-7-9-23(16-22)32(2,3)4)17-25(21)37-29-18-26(31(44)33-5)38-42(29)28-19-27(34-20-35-28)39-41-14-12-40(6)13-15-41/h7-11,16-20,37H,12-15H2,1-6H3,(H,33,44)(H,36,43)(H,34,35,39). The van der Waals surface area contributed by atoms with Crippen molar-refractivity contribution in [2.75, 3.05) is 56.3 Å². The third-order valence-electron chi connectivity index (χ3n) is 7.56. The van der Waals surface area contributed by atoms with Crippen LogP contribution in [0.3, 0.4) is 0 Å². The van der Waals surface area contributed by atoms with E-state index in [4.69, 9.17) is 0 Å². The highest BCUT2D eigenvalue weighted by Crippen LogP contribution is 2.28. The van der Waals surface area contributed by atoms with Crippen molar-refractivity contribution in [2.45, 2.75) is 33.1 Å². The zero-order chi connectivity index (χ0) is 31.4. The summed E-state index contributed by atoms with van der Waals surface area (Å²) < 4.78 is 1.57. The Morgan fingerprint density at radius 1 is 0.909 bits per heavy atom. The molecule has 4 aromatic rings. The molecule has 1 aliphatic heterocycles. The summed E-state index contributed by atoms with van der Waals surface area (Å²) in [7, 11) is 3.66. The number of amides is 2. The zero-order valence-electron chi connectivity index (χ0n) is 26.1. The molecule has 4 N–H and O–H groups in total. The topological polar surface area (TPSA) is 132 Å². The molecular weight excluding hydrogens is 556 g/mol. The van der Waals surface area contributed by atoms with Crippen LogP contribution < -0.4 is 21.4 Å². The van der Waals surface area contributed by atoms with Crippen molar-refractivity contribution >= 4 is 34.8 Å². The van der Waals surface area contributed by atoms with Crippen LogP contribution in [0, 0.1) is 6.92 Å². The van der Waals surface area contributed by atoms with Gasteiger partial charge < -0.3 is 26.3 Å². The first-order valence-corrected chi connectivity index (χ1v) is 14.6. The normalized spacial score (nSPS) is 14.2. The molecule has 0 unspecified atom stereocenters. The summed E-state index contributed by atoms with van der Waals surface area (Å²) in [5.74, 6) is 1.11. The van der Waals surface area contributed by atoms with Gasteiger partial charge in [0.15, 0.2) is 11.5 Å². The van der Waals surface area contributed by atoms with Crippen LogP contribution in [0.15, 0.2) is 60.9 Å². The van der Waals surface area contributed by atoms with Crippen LogP contribution in [-0.4, -0.2) is 81.7 Å². The van der Waals surface area contributed by atoms with E-state index in [1.54, 1.807) is 23.9 Å². The average molecular weight is 597 g/mol. The monoisotopic (exact) mass is 596 g/mol. The van der Waals surface area contributed by atoms with E-state index < -0.39 is 0 Å². The number of nitrogens with one attached hydrogen (secondary N) is 4. The Kier molecular flexibility index (Phi) is 8.93. The van der Waals surface area contributed by atoms with Crippen LogP contribution in [-0.2, 0) is 5.41 Å². The lowest BCUT2D eigenvalue weighted by atomic mass is 9.86. The van der Waals surface area contributed by atoms with Gasteiger partial charge in [-0.15, -0.1) is 0 Å². The Labute approximate surface area is 257 Å². The highest BCUT2D eigenvalue weighted by molar-refractivity contribution is 6.04. The first-order valence-electron chi connectivity index (χ1n) is 14.6. The lowest BCUT2D eigenvalue weighted by molar-refractivity contribution is 0.0956. The van der Waals surface area contributed by atoms with Crippen molar-refractivity contribution in [1.82, 2.24) is 35.0 Å². The maximum atomic E-state index is 13.2. The van der Waals surface area contributed by atoms with E-state index in [-0.39, 0.29) is 22.9 Å². The molecule has 230 valence electrons. The lowest BCUT2D eigenvalue weighted by Crippen LogP contribution is -2.47. The molecule has 0 bridgehead atoms. The third kappa shape index (κ3) is 7.21. The molecule has 1 saturated heterocycles. The fourth-order valence-electron chi connectivity index (χ4n) is 4.79. The van der Waals surface area contributed by atoms with E-state index in [0.717, 1.165) is 43.0 Å². The molecular formula is C32H40N10O2. The van der Waals surface area contributed by atoms with Gasteiger partial charge in [0.25, 0.3) is 11.8 Å². The summed E-state index contributed by atoms with van der Waals surface area (Å²) in [6.45, 7) is 12.0. The van der Waals surface area contributed by atoms with Crippen LogP contribution in [0.1, 0.15) is 52.7 Å². The number of benzene rings is 2. The van der Waals surface area contributed by atoms with Gasteiger partial charge in [0.1, 0.15) is 18.0 Å². The predicted octanol–water partition coefficient (Wildman–Crippen LogP) is 4.20. The van der Waals surface area contributed by atoms with E-state index in [1.807, 2.05) is 49.4 Å². The fraction of sp³-hybridized carbons (Fsp3) is 0.344. The van der Waals surface area contributed by atoms with Crippen LogP contribution in [0.2, 0.25) is 0 Å². The number of hydrazine groups is 1. The Hall–Kier alpha value is -4.81. The first kappa shape index (κ1) is 30.6. The molecule has 2 aromatic heterocycles. The molecule has 5 rings (SSSR count). The van der Waals surface area contributed by atoms with Gasteiger partial charge >= 0.3 is 0 Å². The smallest absolute Gasteiger partial charge is 0.271 e. The van der Waals surface area contributed by atoms with Gasteiger partial charge in [-0.1, -0.05) is 39.0 Å². The quantitative estimate of drug-likeness (QED) is 0.236. The number of carbonyl (C=O) groups is 2. The number of carbonyl (C=O) groups excluding carboxylic acids is 2. The molecule has 0 spiro atoms. The Morgan fingerprint density at radius 2 is 1.68 bits per heavy atom. The largest absolute Gasteiger partial charge is 0.354 e. The molecule has 12 nitrogen and oxygen atoms in total. The van der Waals surface area contributed by atoms with E-state index in [0.29, 0.717) is 28.7 Å². The van der Waals surface area contributed by atoms with Crippen molar-refractivity contribution in [3.05, 3.63) is 83.3 Å². The average Bonchev–Trinajstić information content (AvgIpc) is 3.43. The maximum absolute atomic E-state index is 13.2. The number of aromatic nitrogens is 4. The van der Waals surface area contributed by atoms with Crippen molar-refractivity contribution in [2.24, 2.45) is 0 Å². The van der Waals surface area contributed by atoms with Gasteiger partial charge in [-0.3, -0.25) is 9.59 Å². The summed E-state index contributed by atoms with van der Waals surface area (Å²) in [6, 6.07) is 16.8. The Balaban J connectivity index is 1.40. The van der Waals surface area contributed by atoms with Gasteiger partial charge in [-0.2, -0.15) is 9.78 Å². The summed E-state index contributed by atoms with van der Waals surface area (Å²) in [5.41, 5.74) is 7.49. The first-order chi connectivity index (χ1) is 21.0. The molecule has 0 aliphatic carbocycles. The highest BCUT2D eigenvalue weighted by atomic mass is 16.2. The minimum Gasteiger partial charge on any atom is -0.354 e. The number of hydrogen-bond acceptors (Lipinski definition) is 9. The summed E-state index contributed by atoms with van der Waals surface area (Å²) >= 11 is 0. The Bertz CT molecular complexity index is 1650. The molecule has 3 heterocycles. The van der Waals surface area contributed by atoms with E-state index >= 15 is 0 Å². The van der Waals surface area contributed by atoms with Crippen molar-refractivity contribution < 1.29 is 9.59 Å². The second-order valence-corrected chi connectivity index (χ2v) is 12.0. The number of piperazine rings is 1. The molecule has 12 heteroatoms. The van der Waals surface area contributed by atoms with Crippen LogP contribution in [0.5, 0.6) is 0 Å². The van der Waals surface area contributed by atoms with Crippen molar-refractivity contribution in [3.63, 3.8) is 0 Å². The van der Waals surface area contributed by atoms with Crippen molar-refractivity contribution in [3.8, 4) is 5.82 Å². The molecule has 1 fully saturated rings. The van der Waals surface area contributed by atoms with Crippen LogP contribution in [0.25, 0.3) is 5.82 Å². The van der Waals surface area contributed by atoms with Crippen molar-refractivity contribution in [1.29, 1.82) is 0 Å². The molecule has 2 amide bonds. The maximum Gasteiger partial charge on any atom is 0.271 e. The van der Waals surface area contributed by atoms with E-state index in [9.17, 15) is 9.59 Å². The second kappa shape index (κ2) is 12.8. The zero-order valence-corrected chi connectivity index (χ0v) is 26.1. The summed E-state index contributed by atoms with van der Waals surface area (Å²) in [6.07, 6.45) is 1.47. The van der Waals surface area contributed by atoms with Crippen LogP contribution in [0.4, 0.5) is 23.0 Å². The lowest BCUT2D eigenvalue weighted by Gasteiger charge is -2.32. The minimum absolute atomic E-state index is 0.0706. The van der Waals surface area contributed by atoms with Gasteiger partial charge in [0.05, 0.1) is 0 Å². The minimum atomic E-state index is -0.327. The van der Waals surface area contributed by atoms with Gasteiger partial charge in [0.2, 0.25) is 0 Å². The number of rotatable bonds is 8. The van der Waals surface area contributed by atoms with E-state index in [1.165, 1.54) is 6.33 Å². The molecule has 44 heavy (non-hydrogen) atoms. The molecule has 2 aromatic carbocycles. The summed E-state index contributed by atoms with van der Waals surface area (Å²) in [5, 5.41) is 15.7. The highest BCUT2D eigenvalue weighted by Gasteiger charge is 2.19. The number of nitrogens with zero attached hydrogens (tertiary/aromatic N) is 6. The van der Waals surface area contributed by atoms with Gasteiger partial charge in [-0.25, -0.2) is 15.0 Å². The SMILES string of the molecule is CNC(=O)c1cc(Nc2cc(NC(=O)c3cccc(C(C)(C)C)c3)ccc2C)n(-c2cc(NN3CCN(C)CC3)ncn2)n1. The number of aryl methyl sites for hydroxylation is 1. The van der Waals surface area contributed by atoms with Gasteiger partial charge in [-0.05, 0) is 54.8 Å². The molecule has 1 aliphatic rings. The third-order valence-corrected chi connectivity index (χ3v) is 7.56. The number of anilines is 4. The molecule has 0 saturated carbocycles. The number of hydrogen-bond donors (Lipinski definition) is 4. The van der Waals surface area contributed by atoms with E-state index in [2.05, 4.69) is 74.2 Å². The molecule has 0 radical (unpaired) electrons. The molecule has 0 atom stereocenters. The summed E-state index contributed by atoms with van der Waals surface area (Å²) in [4.78, 5) is 36.8. The number of likely N-dealkylation sites (N-methyl/N-ethyl adjacent to an activating group) is 1. The fourth-order valence-corrected chi connectivity index (χ4v) is 4.79. The Morgan fingerprint density at radius 3 is 2.41 bits per heavy atom. The second-order valence-electron chi connectivity index (χ2n) is 12.0. The van der Waals surface area contributed by atoms with Crippen LogP contribution >= 0.6 is 0 Å². The predicted molar refractivity (Wildman–Crippen MR) is 173 cm³/mol. The van der Waals surface area contributed by atoms with Gasteiger partial charge in [0, 0.05) is 62.3 Å².